The predicted molar refractivity (Wildman–Crippen MR) is 75.1 cm³/mol. The van der Waals surface area contributed by atoms with Crippen LogP contribution in [0.5, 0.6) is 0 Å². The molecule has 100 valence electrons. The van der Waals surface area contributed by atoms with Gasteiger partial charge < -0.3 is 10.4 Å². The van der Waals surface area contributed by atoms with Crippen LogP contribution in [0.3, 0.4) is 0 Å². The lowest BCUT2D eigenvalue weighted by Crippen LogP contribution is -2.14. The van der Waals surface area contributed by atoms with Gasteiger partial charge in [-0.2, -0.15) is 0 Å². The van der Waals surface area contributed by atoms with E-state index in [0.717, 1.165) is 5.56 Å². The number of carbonyl (C=O) groups excluding carboxylic acids is 1. The number of hydrogen-bond acceptors (Lipinski definition) is 4. The second-order valence-corrected chi connectivity index (χ2v) is 4.07. The lowest BCUT2D eigenvalue weighted by atomic mass is 10.2. The number of amides is 1. The van der Waals surface area contributed by atoms with Crippen LogP contribution in [0.1, 0.15) is 21.6 Å². The lowest BCUT2D eigenvalue weighted by molar-refractivity contribution is 0.102. The fourth-order valence-electron chi connectivity index (χ4n) is 1.47. The third-order valence-corrected chi connectivity index (χ3v) is 2.46. The molecule has 2 rings (SSSR count). The zero-order valence-corrected chi connectivity index (χ0v) is 10.9. The molecule has 2 aromatic heterocycles. The van der Waals surface area contributed by atoms with Crippen molar-refractivity contribution in [1.29, 1.82) is 0 Å². The highest BCUT2D eigenvalue weighted by Crippen LogP contribution is 2.06. The Morgan fingerprint density at radius 3 is 2.70 bits per heavy atom. The van der Waals surface area contributed by atoms with E-state index in [1.54, 1.807) is 24.4 Å². The zero-order valence-electron chi connectivity index (χ0n) is 10.9. The van der Waals surface area contributed by atoms with Crippen LogP contribution in [-0.2, 0) is 0 Å². The van der Waals surface area contributed by atoms with Crippen LogP contribution in [0, 0.1) is 18.8 Å². The molecule has 2 N–H and O–H groups in total. The van der Waals surface area contributed by atoms with Crippen molar-refractivity contribution in [1.82, 2.24) is 9.97 Å². The summed E-state index contributed by atoms with van der Waals surface area (Å²) in [6, 6.07) is 6.84. The molecule has 0 saturated carbocycles. The Bertz CT molecular complexity index is 652. The predicted octanol–water partition coefficient (Wildman–Crippen LogP) is 1.38. The van der Waals surface area contributed by atoms with Crippen molar-refractivity contribution >= 4 is 11.7 Å². The van der Waals surface area contributed by atoms with Crippen LogP contribution in [0.15, 0.2) is 36.7 Å². The highest BCUT2D eigenvalue weighted by molar-refractivity contribution is 6.02. The molecule has 2 aromatic rings. The number of rotatable bonds is 2. The normalized spacial score (nSPS) is 9.50. The fraction of sp³-hybridized carbons (Fsp3) is 0.133. The highest BCUT2D eigenvalue weighted by atomic mass is 16.2. The number of aliphatic hydroxyl groups excluding tert-OH is 1. The summed E-state index contributed by atoms with van der Waals surface area (Å²) >= 11 is 0. The molecule has 20 heavy (non-hydrogen) atoms. The minimum atomic E-state index is -0.331. The van der Waals surface area contributed by atoms with Gasteiger partial charge in [-0.1, -0.05) is 17.9 Å². The third-order valence-electron chi connectivity index (χ3n) is 2.46. The molecule has 0 bridgehead atoms. The molecule has 1 amide bonds. The Kier molecular flexibility index (Phi) is 4.43. The molecule has 0 aromatic carbocycles. The highest BCUT2D eigenvalue weighted by Gasteiger charge is 2.07. The molecule has 0 saturated heterocycles. The van der Waals surface area contributed by atoms with Crippen LogP contribution < -0.4 is 5.32 Å². The molecule has 0 aliphatic carbocycles. The minimum absolute atomic E-state index is 0.207. The first-order valence-corrected chi connectivity index (χ1v) is 5.99. The van der Waals surface area contributed by atoms with Crippen molar-refractivity contribution in [2.75, 3.05) is 11.9 Å². The molecule has 0 radical (unpaired) electrons. The molecule has 5 heteroatoms. The molecule has 5 nitrogen and oxygen atoms in total. The first-order chi connectivity index (χ1) is 9.69. The number of hydrogen-bond donors (Lipinski definition) is 2. The Morgan fingerprint density at radius 2 is 2.10 bits per heavy atom. The summed E-state index contributed by atoms with van der Waals surface area (Å²) < 4.78 is 0. The number of aliphatic hydroxyl groups is 1. The van der Waals surface area contributed by atoms with Gasteiger partial charge in [0.05, 0.1) is 0 Å². The first kappa shape index (κ1) is 13.7. The van der Waals surface area contributed by atoms with Crippen LogP contribution in [0.25, 0.3) is 0 Å². The van der Waals surface area contributed by atoms with Crippen molar-refractivity contribution in [3.8, 4) is 11.8 Å². The summed E-state index contributed by atoms with van der Waals surface area (Å²) in [5, 5.41) is 11.2. The standard InChI is InChI=1S/C15H13N3O2/c1-11-4-7-14(17-9-11)18-15(20)13-6-5-12(10-16-13)3-2-8-19/h4-7,9-10,19H,8H2,1H3,(H,17,18,20). The number of nitrogens with zero attached hydrogens (tertiary/aromatic N) is 2. The largest absolute Gasteiger partial charge is 0.384 e. The van der Waals surface area contributed by atoms with Gasteiger partial charge in [-0.3, -0.25) is 4.79 Å². The smallest absolute Gasteiger partial charge is 0.275 e. The van der Waals surface area contributed by atoms with Gasteiger partial charge in [0.1, 0.15) is 18.1 Å². The first-order valence-electron chi connectivity index (χ1n) is 5.99. The molecule has 0 fully saturated rings. The lowest BCUT2D eigenvalue weighted by Gasteiger charge is -2.04. The second kappa shape index (κ2) is 6.45. The number of anilines is 1. The molecular weight excluding hydrogens is 254 g/mol. The SMILES string of the molecule is Cc1ccc(NC(=O)c2ccc(C#CCO)cn2)nc1. The molecule has 2 heterocycles. The fourth-order valence-corrected chi connectivity index (χ4v) is 1.47. The van der Waals surface area contributed by atoms with Crippen molar-refractivity contribution in [3.63, 3.8) is 0 Å². The summed E-state index contributed by atoms with van der Waals surface area (Å²) in [6.07, 6.45) is 3.16. The van der Waals surface area contributed by atoms with Crippen LogP contribution in [0.4, 0.5) is 5.82 Å². The molecule has 0 unspecified atom stereocenters. The van der Waals surface area contributed by atoms with Gasteiger partial charge in [0, 0.05) is 18.0 Å². The Morgan fingerprint density at radius 1 is 1.25 bits per heavy atom. The number of aryl methyl sites for hydroxylation is 1. The summed E-state index contributed by atoms with van der Waals surface area (Å²) in [5.74, 6) is 5.37. The quantitative estimate of drug-likeness (QED) is 0.806. The molecule has 0 atom stereocenters. The second-order valence-electron chi connectivity index (χ2n) is 4.07. The van der Waals surface area contributed by atoms with E-state index >= 15 is 0 Å². The average molecular weight is 267 g/mol. The van der Waals surface area contributed by atoms with E-state index in [4.69, 9.17) is 5.11 Å². The van der Waals surface area contributed by atoms with Gasteiger partial charge >= 0.3 is 0 Å². The Hall–Kier alpha value is -2.71. The van der Waals surface area contributed by atoms with Gasteiger partial charge in [-0.05, 0) is 30.7 Å². The van der Waals surface area contributed by atoms with E-state index in [0.29, 0.717) is 11.4 Å². The van der Waals surface area contributed by atoms with Gasteiger partial charge in [-0.15, -0.1) is 0 Å². The maximum absolute atomic E-state index is 11.9. The monoisotopic (exact) mass is 267 g/mol. The van der Waals surface area contributed by atoms with E-state index in [1.807, 2.05) is 13.0 Å². The van der Waals surface area contributed by atoms with Crippen molar-refractivity contribution < 1.29 is 9.90 Å². The van der Waals surface area contributed by atoms with E-state index in [9.17, 15) is 4.79 Å². The molecule has 0 aliphatic heterocycles. The van der Waals surface area contributed by atoms with Gasteiger partial charge in [-0.25, -0.2) is 9.97 Å². The Labute approximate surface area is 116 Å². The minimum Gasteiger partial charge on any atom is -0.384 e. The van der Waals surface area contributed by atoms with Crippen molar-refractivity contribution in [3.05, 3.63) is 53.5 Å². The van der Waals surface area contributed by atoms with Gasteiger partial charge in [0.15, 0.2) is 0 Å². The third kappa shape index (κ3) is 3.64. The van der Waals surface area contributed by atoms with Crippen molar-refractivity contribution in [2.45, 2.75) is 6.92 Å². The van der Waals surface area contributed by atoms with E-state index < -0.39 is 0 Å². The van der Waals surface area contributed by atoms with E-state index in [2.05, 4.69) is 27.1 Å². The average Bonchev–Trinajstić information content (AvgIpc) is 2.48. The molecular formula is C15H13N3O2. The summed E-state index contributed by atoms with van der Waals surface area (Å²) in [5.41, 5.74) is 1.94. The van der Waals surface area contributed by atoms with Crippen LogP contribution in [0.2, 0.25) is 0 Å². The molecule has 0 aliphatic rings. The number of pyridine rings is 2. The van der Waals surface area contributed by atoms with Crippen LogP contribution >= 0.6 is 0 Å². The van der Waals surface area contributed by atoms with E-state index in [-0.39, 0.29) is 18.2 Å². The molecule has 0 spiro atoms. The Balaban J connectivity index is 2.07. The van der Waals surface area contributed by atoms with Gasteiger partial charge in [0.25, 0.3) is 5.91 Å². The van der Waals surface area contributed by atoms with Crippen molar-refractivity contribution in [2.24, 2.45) is 0 Å². The maximum atomic E-state index is 11.9. The number of nitrogens with one attached hydrogen (secondary N) is 1. The van der Waals surface area contributed by atoms with Gasteiger partial charge in [0.2, 0.25) is 0 Å². The van der Waals surface area contributed by atoms with Crippen LogP contribution in [-0.4, -0.2) is 27.6 Å². The van der Waals surface area contributed by atoms with E-state index in [1.165, 1.54) is 6.20 Å². The zero-order chi connectivity index (χ0) is 14.4. The number of aromatic nitrogens is 2. The topological polar surface area (TPSA) is 75.1 Å². The summed E-state index contributed by atoms with van der Waals surface area (Å²) in [7, 11) is 0. The summed E-state index contributed by atoms with van der Waals surface area (Å²) in [6.45, 7) is 1.72. The maximum Gasteiger partial charge on any atom is 0.275 e. The number of carbonyl (C=O) groups is 1. The summed E-state index contributed by atoms with van der Waals surface area (Å²) in [4.78, 5) is 20.0.